The molecule has 0 radical (unpaired) electrons. The zero-order valence-electron chi connectivity index (χ0n) is 5.88. The second-order valence-electron chi connectivity index (χ2n) is 2.13. The summed E-state index contributed by atoms with van der Waals surface area (Å²) in [6.07, 6.45) is 2.99. The molecule has 1 atom stereocenters. The number of hydrogen-bond donors (Lipinski definition) is 1. The Morgan fingerprint density at radius 2 is 1.80 bits per heavy atom. The molecule has 2 nitrogen and oxygen atoms in total. The van der Waals surface area contributed by atoms with Gasteiger partial charge in [0.25, 0.3) is 0 Å². The van der Waals surface area contributed by atoms with Crippen molar-refractivity contribution < 1.29 is 13.2 Å². The van der Waals surface area contributed by atoms with Gasteiger partial charge in [0.2, 0.25) is 0 Å². The van der Waals surface area contributed by atoms with Crippen LogP contribution < -0.4 is 0 Å². The van der Waals surface area contributed by atoms with Gasteiger partial charge in [-0.25, -0.2) is 4.21 Å². The standard InChI is InChI=1S/C6H13FO2S/c7-5-3-1-2-4-6-10(8)9/h1-6H2,(H,8,9). The molecule has 0 aromatic rings. The smallest absolute Gasteiger partial charge is 0.152 e. The highest BCUT2D eigenvalue weighted by atomic mass is 32.2. The van der Waals surface area contributed by atoms with Crippen molar-refractivity contribution in [2.75, 3.05) is 12.4 Å². The van der Waals surface area contributed by atoms with Crippen LogP contribution in [-0.2, 0) is 11.1 Å². The van der Waals surface area contributed by atoms with Crippen LogP contribution in [0.5, 0.6) is 0 Å². The fourth-order valence-electron chi connectivity index (χ4n) is 0.674. The molecule has 0 aromatic carbocycles. The van der Waals surface area contributed by atoms with Crippen molar-refractivity contribution in [2.24, 2.45) is 0 Å². The van der Waals surface area contributed by atoms with Crippen LogP contribution in [0.25, 0.3) is 0 Å². The fourth-order valence-corrected chi connectivity index (χ4v) is 1.12. The normalized spacial score (nSPS) is 13.4. The Bertz CT molecular complexity index is 97.7. The maximum absolute atomic E-state index is 11.5. The molecule has 0 heterocycles. The molecule has 0 aliphatic carbocycles. The predicted molar refractivity (Wildman–Crippen MR) is 40.1 cm³/mol. The van der Waals surface area contributed by atoms with E-state index < -0.39 is 11.1 Å². The molecule has 0 fully saturated rings. The Hall–Kier alpha value is 0.0400. The van der Waals surface area contributed by atoms with Crippen LogP contribution in [-0.4, -0.2) is 21.2 Å². The summed E-state index contributed by atoms with van der Waals surface area (Å²) in [4.78, 5) is 0. The van der Waals surface area contributed by atoms with Crippen molar-refractivity contribution in [1.29, 1.82) is 0 Å². The SMILES string of the molecule is O=S(O)CCCCCCF. The molecule has 0 saturated heterocycles. The average molecular weight is 168 g/mol. The van der Waals surface area contributed by atoms with Gasteiger partial charge in [0, 0.05) is 5.75 Å². The maximum Gasteiger partial charge on any atom is 0.152 e. The van der Waals surface area contributed by atoms with Crippen molar-refractivity contribution in [3.05, 3.63) is 0 Å². The highest BCUT2D eigenvalue weighted by Gasteiger charge is 1.93. The Morgan fingerprint density at radius 3 is 2.30 bits per heavy atom. The molecule has 0 bridgehead atoms. The van der Waals surface area contributed by atoms with E-state index in [-0.39, 0.29) is 6.67 Å². The van der Waals surface area contributed by atoms with E-state index >= 15 is 0 Å². The van der Waals surface area contributed by atoms with Crippen LogP contribution in [0.4, 0.5) is 4.39 Å². The first-order chi connectivity index (χ1) is 4.77. The van der Waals surface area contributed by atoms with Gasteiger partial charge in [-0.2, -0.15) is 0 Å². The quantitative estimate of drug-likeness (QED) is 0.484. The number of alkyl halides is 1. The summed E-state index contributed by atoms with van der Waals surface area (Å²) in [7, 11) is 0. The molecule has 0 aromatic heterocycles. The second-order valence-corrected chi connectivity index (χ2v) is 3.18. The lowest BCUT2D eigenvalue weighted by Gasteiger charge is -1.94. The third kappa shape index (κ3) is 8.04. The van der Waals surface area contributed by atoms with Crippen molar-refractivity contribution in [1.82, 2.24) is 0 Å². The molecule has 0 rings (SSSR count). The Labute approximate surface area is 63.1 Å². The van der Waals surface area contributed by atoms with E-state index in [1.807, 2.05) is 0 Å². The van der Waals surface area contributed by atoms with Gasteiger partial charge in [-0.05, 0) is 12.8 Å². The van der Waals surface area contributed by atoms with E-state index in [0.29, 0.717) is 12.2 Å². The zero-order valence-corrected chi connectivity index (χ0v) is 6.70. The number of hydrogen-bond acceptors (Lipinski definition) is 1. The Balaban J connectivity index is 2.84. The summed E-state index contributed by atoms with van der Waals surface area (Å²) >= 11 is -1.66. The van der Waals surface area contributed by atoms with Gasteiger partial charge in [-0.15, -0.1) is 0 Å². The molecule has 0 spiro atoms. The van der Waals surface area contributed by atoms with Gasteiger partial charge in [-0.1, -0.05) is 12.8 Å². The van der Waals surface area contributed by atoms with Gasteiger partial charge in [0.1, 0.15) is 0 Å². The molecule has 1 unspecified atom stereocenters. The zero-order chi connectivity index (χ0) is 7.82. The lowest BCUT2D eigenvalue weighted by Crippen LogP contribution is -1.94. The third-order valence-corrected chi connectivity index (χ3v) is 1.84. The molecular formula is C6H13FO2S. The van der Waals surface area contributed by atoms with Crippen LogP contribution in [0.2, 0.25) is 0 Å². The van der Waals surface area contributed by atoms with E-state index in [2.05, 4.69) is 0 Å². The van der Waals surface area contributed by atoms with Crippen molar-refractivity contribution in [3.63, 3.8) is 0 Å². The first kappa shape index (κ1) is 10.0. The minimum Gasteiger partial charge on any atom is -0.306 e. The van der Waals surface area contributed by atoms with Gasteiger partial charge < -0.3 is 4.55 Å². The first-order valence-corrected chi connectivity index (χ1v) is 4.68. The summed E-state index contributed by atoms with van der Waals surface area (Å²) in [5.74, 6) is 0.326. The topological polar surface area (TPSA) is 37.3 Å². The lowest BCUT2D eigenvalue weighted by molar-refractivity contribution is 0.455. The largest absolute Gasteiger partial charge is 0.306 e. The number of unbranched alkanes of at least 4 members (excludes halogenated alkanes) is 3. The summed E-state index contributed by atoms with van der Waals surface area (Å²) in [5.41, 5.74) is 0. The molecular weight excluding hydrogens is 155 g/mol. The molecule has 0 amide bonds. The van der Waals surface area contributed by atoms with E-state index in [1.165, 1.54) is 0 Å². The predicted octanol–water partition coefficient (Wildman–Crippen LogP) is 1.74. The van der Waals surface area contributed by atoms with Gasteiger partial charge >= 0.3 is 0 Å². The molecule has 0 aliphatic heterocycles. The molecule has 4 heteroatoms. The second kappa shape index (κ2) is 7.15. The van der Waals surface area contributed by atoms with Crippen molar-refractivity contribution >= 4 is 11.1 Å². The summed E-state index contributed by atoms with van der Waals surface area (Å²) in [6, 6.07) is 0. The minimum atomic E-state index is -1.66. The fraction of sp³-hybridized carbons (Fsp3) is 1.00. The molecule has 0 saturated carbocycles. The lowest BCUT2D eigenvalue weighted by atomic mass is 10.2. The maximum atomic E-state index is 11.5. The molecule has 1 N–H and O–H groups in total. The molecule has 10 heavy (non-hydrogen) atoms. The van der Waals surface area contributed by atoms with Crippen molar-refractivity contribution in [3.8, 4) is 0 Å². The Kier molecular flexibility index (Phi) is 7.18. The Morgan fingerprint density at radius 1 is 1.20 bits per heavy atom. The van der Waals surface area contributed by atoms with E-state index in [0.717, 1.165) is 19.3 Å². The summed E-state index contributed by atoms with van der Waals surface area (Å²) in [5, 5.41) is 0. The van der Waals surface area contributed by atoms with Crippen LogP contribution >= 0.6 is 0 Å². The number of halogens is 1. The van der Waals surface area contributed by atoms with E-state index in [4.69, 9.17) is 4.55 Å². The highest BCUT2D eigenvalue weighted by Crippen LogP contribution is 2.00. The van der Waals surface area contributed by atoms with Gasteiger partial charge in [0.15, 0.2) is 11.1 Å². The van der Waals surface area contributed by atoms with Gasteiger partial charge in [0.05, 0.1) is 6.67 Å². The third-order valence-electron chi connectivity index (χ3n) is 1.20. The average Bonchev–Trinajstić information content (AvgIpc) is 1.87. The summed E-state index contributed by atoms with van der Waals surface area (Å²) in [6.45, 7) is -0.276. The van der Waals surface area contributed by atoms with E-state index in [9.17, 15) is 8.60 Å². The van der Waals surface area contributed by atoms with Gasteiger partial charge in [-0.3, -0.25) is 4.39 Å². The van der Waals surface area contributed by atoms with Crippen LogP contribution in [0.3, 0.4) is 0 Å². The molecule has 62 valence electrons. The first-order valence-electron chi connectivity index (χ1n) is 3.41. The minimum absolute atomic E-state index is 0.276. The van der Waals surface area contributed by atoms with Crippen LogP contribution in [0.15, 0.2) is 0 Å². The van der Waals surface area contributed by atoms with Crippen molar-refractivity contribution in [2.45, 2.75) is 25.7 Å². The van der Waals surface area contributed by atoms with Crippen LogP contribution in [0, 0.1) is 0 Å². The van der Waals surface area contributed by atoms with Crippen LogP contribution in [0.1, 0.15) is 25.7 Å². The number of rotatable bonds is 6. The highest BCUT2D eigenvalue weighted by molar-refractivity contribution is 7.79. The van der Waals surface area contributed by atoms with E-state index in [1.54, 1.807) is 0 Å². The summed E-state index contributed by atoms with van der Waals surface area (Å²) < 4.78 is 29.8. The monoisotopic (exact) mass is 168 g/mol. The molecule has 0 aliphatic rings.